The van der Waals surface area contributed by atoms with Crippen LogP contribution in [0.4, 0.5) is 17.1 Å². The predicted octanol–water partition coefficient (Wildman–Crippen LogP) is 1.15. The van der Waals surface area contributed by atoms with E-state index in [4.69, 9.17) is 0 Å². The molecule has 0 spiro atoms. The quantitative estimate of drug-likeness (QED) is 0.652. The summed E-state index contributed by atoms with van der Waals surface area (Å²) in [7, 11) is 1.65. The molecule has 9 nitrogen and oxygen atoms in total. The van der Waals surface area contributed by atoms with Crippen molar-refractivity contribution in [1.29, 1.82) is 0 Å². The summed E-state index contributed by atoms with van der Waals surface area (Å²) in [5.41, 5.74) is -0.673. The van der Waals surface area contributed by atoms with Gasteiger partial charge in [0.2, 0.25) is 5.91 Å². The van der Waals surface area contributed by atoms with E-state index in [0.29, 0.717) is 13.0 Å². The van der Waals surface area contributed by atoms with Gasteiger partial charge in [-0.1, -0.05) is 0 Å². The average molecular weight is 280 g/mol. The number of rotatable bonds is 4. The topological polar surface area (TPSA) is 119 Å². The van der Waals surface area contributed by atoms with Crippen molar-refractivity contribution in [2.75, 3.05) is 18.9 Å². The number of nitro groups is 2. The predicted molar refractivity (Wildman–Crippen MR) is 69.4 cm³/mol. The van der Waals surface area contributed by atoms with Gasteiger partial charge in [0, 0.05) is 19.7 Å². The molecule has 20 heavy (non-hydrogen) atoms. The Morgan fingerprint density at radius 2 is 2.00 bits per heavy atom. The van der Waals surface area contributed by atoms with E-state index in [1.54, 1.807) is 7.05 Å². The minimum atomic E-state index is -0.710. The van der Waals surface area contributed by atoms with E-state index in [-0.39, 0.29) is 17.3 Å². The molecule has 1 aliphatic heterocycles. The van der Waals surface area contributed by atoms with Gasteiger partial charge in [0.1, 0.15) is 11.7 Å². The Morgan fingerprint density at radius 1 is 1.30 bits per heavy atom. The van der Waals surface area contributed by atoms with Crippen LogP contribution in [0.5, 0.6) is 0 Å². The van der Waals surface area contributed by atoms with Crippen molar-refractivity contribution in [3.63, 3.8) is 0 Å². The SMILES string of the molecule is CN1CCC(Nc2ccc([N+](=O)[O-])cc2[N+](=O)[O-])C1=O. The highest BCUT2D eigenvalue weighted by atomic mass is 16.6. The molecule has 0 aromatic heterocycles. The Bertz CT molecular complexity index is 588. The van der Waals surface area contributed by atoms with Gasteiger partial charge in [-0.05, 0) is 12.5 Å². The number of hydrogen-bond acceptors (Lipinski definition) is 6. The van der Waals surface area contributed by atoms with E-state index in [1.165, 1.54) is 17.0 Å². The maximum Gasteiger partial charge on any atom is 0.299 e. The van der Waals surface area contributed by atoms with Gasteiger partial charge in [0.15, 0.2) is 0 Å². The maximum atomic E-state index is 11.8. The van der Waals surface area contributed by atoms with Crippen molar-refractivity contribution in [3.05, 3.63) is 38.4 Å². The number of non-ortho nitro benzene ring substituents is 1. The van der Waals surface area contributed by atoms with Gasteiger partial charge in [-0.15, -0.1) is 0 Å². The molecule has 1 heterocycles. The van der Waals surface area contributed by atoms with Crippen molar-refractivity contribution in [2.24, 2.45) is 0 Å². The minimum Gasteiger partial charge on any atom is -0.368 e. The summed E-state index contributed by atoms with van der Waals surface area (Å²) in [5, 5.41) is 24.4. The number of nitrogens with zero attached hydrogens (tertiary/aromatic N) is 3. The fourth-order valence-electron chi connectivity index (χ4n) is 2.05. The molecule has 1 aromatic carbocycles. The lowest BCUT2D eigenvalue weighted by atomic mass is 10.2. The second-order valence-corrected chi connectivity index (χ2v) is 4.46. The molecular weight excluding hydrogens is 268 g/mol. The molecule has 1 N–H and O–H groups in total. The molecule has 9 heteroatoms. The Morgan fingerprint density at radius 3 is 2.50 bits per heavy atom. The number of carbonyl (C=O) groups is 1. The first-order chi connectivity index (χ1) is 9.40. The Balaban J connectivity index is 2.30. The molecule has 1 amide bonds. The van der Waals surface area contributed by atoms with Gasteiger partial charge in [0.25, 0.3) is 11.4 Å². The van der Waals surface area contributed by atoms with Crippen molar-refractivity contribution >= 4 is 23.0 Å². The zero-order valence-electron chi connectivity index (χ0n) is 10.6. The fourth-order valence-corrected chi connectivity index (χ4v) is 2.05. The molecule has 0 radical (unpaired) electrons. The highest BCUT2D eigenvalue weighted by Crippen LogP contribution is 2.30. The van der Waals surface area contributed by atoms with Crippen LogP contribution >= 0.6 is 0 Å². The van der Waals surface area contributed by atoms with E-state index >= 15 is 0 Å². The molecule has 1 fully saturated rings. The third kappa shape index (κ3) is 2.51. The lowest BCUT2D eigenvalue weighted by Crippen LogP contribution is -2.31. The summed E-state index contributed by atoms with van der Waals surface area (Å²) in [6, 6.07) is 2.76. The minimum absolute atomic E-state index is 0.106. The monoisotopic (exact) mass is 280 g/mol. The molecule has 2 rings (SSSR count). The zero-order chi connectivity index (χ0) is 14.9. The highest BCUT2D eigenvalue weighted by Gasteiger charge is 2.31. The molecule has 106 valence electrons. The summed E-state index contributed by atoms with van der Waals surface area (Å²) in [4.78, 5) is 33.5. The number of anilines is 1. The van der Waals surface area contributed by atoms with Gasteiger partial charge in [-0.25, -0.2) is 0 Å². The Labute approximate surface area is 113 Å². The smallest absolute Gasteiger partial charge is 0.299 e. The number of nitrogens with one attached hydrogen (secondary N) is 1. The molecule has 0 aliphatic carbocycles. The molecule has 1 aliphatic rings. The van der Waals surface area contributed by atoms with Gasteiger partial charge in [0.05, 0.1) is 15.9 Å². The van der Waals surface area contributed by atoms with Crippen LogP contribution in [0.3, 0.4) is 0 Å². The zero-order valence-corrected chi connectivity index (χ0v) is 10.6. The standard InChI is InChI=1S/C11H12N4O5/c1-13-5-4-9(11(13)16)12-8-3-2-7(14(17)18)6-10(8)15(19)20/h2-3,6,9,12H,4-5H2,1H3. The fraction of sp³-hybridized carbons (Fsp3) is 0.364. The van der Waals surface area contributed by atoms with E-state index in [2.05, 4.69) is 5.32 Å². The van der Waals surface area contributed by atoms with Crippen LogP contribution in [-0.4, -0.2) is 40.3 Å². The van der Waals surface area contributed by atoms with Crippen molar-refractivity contribution in [2.45, 2.75) is 12.5 Å². The molecule has 1 unspecified atom stereocenters. The molecular formula is C11H12N4O5. The number of benzene rings is 1. The van der Waals surface area contributed by atoms with E-state index in [0.717, 1.165) is 6.07 Å². The maximum absolute atomic E-state index is 11.8. The first-order valence-corrected chi connectivity index (χ1v) is 5.84. The van der Waals surface area contributed by atoms with E-state index in [1.807, 2.05) is 0 Å². The first kappa shape index (κ1) is 13.7. The molecule has 1 saturated heterocycles. The summed E-state index contributed by atoms with van der Waals surface area (Å²) in [6.45, 7) is 0.567. The van der Waals surface area contributed by atoms with Gasteiger partial charge >= 0.3 is 0 Å². The van der Waals surface area contributed by atoms with Crippen LogP contribution in [0.25, 0.3) is 0 Å². The van der Waals surface area contributed by atoms with Gasteiger partial charge in [-0.2, -0.15) is 0 Å². The van der Waals surface area contributed by atoms with Crippen LogP contribution in [0.1, 0.15) is 6.42 Å². The largest absolute Gasteiger partial charge is 0.368 e. The normalized spacial score (nSPS) is 18.1. The lowest BCUT2D eigenvalue weighted by molar-refractivity contribution is -0.393. The van der Waals surface area contributed by atoms with Crippen molar-refractivity contribution in [1.82, 2.24) is 4.90 Å². The van der Waals surface area contributed by atoms with Crippen LogP contribution in [0.2, 0.25) is 0 Å². The van der Waals surface area contributed by atoms with Crippen molar-refractivity contribution in [3.8, 4) is 0 Å². The van der Waals surface area contributed by atoms with Crippen LogP contribution in [0.15, 0.2) is 18.2 Å². The van der Waals surface area contributed by atoms with Gasteiger partial charge < -0.3 is 10.2 Å². The number of likely N-dealkylation sites (N-methyl/N-ethyl adjacent to an activating group) is 1. The van der Waals surface area contributed by atoms with E-state index < -0.39 is 21.6 Å². The first-order valence-electron chi connectivity index (χ1n) is 5.84. The summed E-state index contributed by atoms with van der Waals surface area (Å²) < 4.78 is 0. The van der Waals surface area contributed by atoms with Crippen molar-refractivity contribution < 1.29 is 14.6 Å². The Hall–Kier alpha value is -2.71. The second kappa shape index (κ2) is 5.11. The third-order valence-electron chi connectivity index (χ3n) is 3.15. The number of nitro benzene ring substituents is 2. The molecule has 0 bridgehead atoms. The average Bonchev–Trinajstić information content (AvgIpc) is 2.70. The van der Waals surface area contributed by atoms with Gasteiger partial charge in [-0.3, -0.25) is 25.0 Å². The third-order valence-corrected chi connectivity index (χ3v) is 3.15. The lowest BCUT2D eigenvalue weighted by Gasteiger charge is -2.13. The van der Waals surface area contributed by atoms with Crippen LogP contribution < -0.4 is 5.32 Å². The van der Waals surface area contributed by atoms with Crippen LogP contribution in [-0.2, 0) is 4.79 Å². The number of likely N-dealkylation sites (tertiary alicyclic amines) is 1. The second-order valence-electron chi connectivity index (χ2n) is 4.46. The number of amides is 1. The Kier molecular flexibility index (Phi) is 3.51. The highest BCUT2D eigenvalue weighted by molar-refractivity contribution is 5.87. The van der Waals surface area contributed by atoms with E-state index in [9.17, 15) is 25.0 Å². The summed E-state index contributed by atoms with van der Waals surface area (Å²) in [5.74, 6) is -0.155. The van der Waals surface area contributed by atoms with Crippen LogP contribution in [0, 0.1) is 20.2 Å². The number of carbonyl (C=O) groups excluding carboxylic acids is 1. The molecule has 1 aromatic rings. The number of hydrogen-bond donors (Lipinski definition) is 1. The summed E-state index contributed by atoms with van der Waals surface area (Å²) in [6.07, 6.45) is 0.531. The molecule has 1 atom stereocenters. The molecule has 0 saturated carbocycles. The summed E-state index contributed by atoms with van der Waals surface area (Å²) >= 11 is 0.